The second-order valence-corrected chi connectivity index (χ2v) is 10.7. The highest BCUT2D eigenvalue weighted by Gasteiger charge is 2.38. The predicted octanol–water partition coefficient (Wildman–Crippen LogP) is 4.12. The topological polar surface area (TPSA) is 147 Å². The number of carbonyl (C=O) groups is 1. The fourth-order valence-corrected chi connectivity index (χ4v) is 5.69. The molecule has 0 saturated heterocycles. The van der Waals surface area contributed by atoms with Gasteiger partial charge in [0.2, 0.25) is 12.1 Å². The zero-order valence-electron chi connectivity index (χ0n) is 21.9. The van der Waals surface area contributed by atoms with Crippen molar-refractivity contribution in [1.29, 1.82) is 5.41 Å². The number of rotatable bonds is 8. The standard InChI is InChI=1S/C28H31N7O3S/c1-28(13-8-14-28)26-34-21(25(39-26)31-15-16-37-2)22(29)38-27(30)35-23-24(36)32-19-12-7-6-11-18(19)20(33-23)17-9-4-3-5-10-17/h3-7,9-12,23,29,31H,8,13-16H2,1-2H3,(H2,30,35)(H,32,36). The molecule has 10 nitrogen and oxygen atoms in total. The number of hydrogen-bond acceptors (Lipinski definition) is 9. The number of hydrogen-bond donors (Lipinski definition) is 4. The fourth-order valence-electron chi connectivity index (χ4n) is 4.50. The van der Waals surface area contributed by atoms with Crippen molar-refractivity contribution in [2.45, 2.75) is 37.8 Å². The van der Waals surface area contributed by atoms with E-state index in [1.165, 1.54) is 11.3 Å². The molecule has 0 spiro atoms. The van der Waals surface area contributed by atoms with E-state index in [1.807, 2.05) is 54.6 Å². The second kappa shape index (κ2) is 11.3. The van der Waals surface area contributed by atoms with Crippen LogP contribution in [0.25, 0.3) is 0 Å². The van der Waals surface area contributed by atoms with Crippen LogP contribution in [0.3, 0.4) is 0 Å². The third kappa shape index (κ3) is 5.69. The van der Waals surface area contributed by atoms with Crippen molar-refractivity contribution in [3.63, 3.8) is 0 Å². The SMILES string of the molecule is COCCNc1sc(C2(C)CCC2)nc1C(=N)O/C(N)=N/C1N=C(c2ccccc2)c2ccccc2NC1=O. The van der Waals surface area contributed by atoms with Crippen molar-refractivity contribution in [2.24, 2.45) is 15.7 Å². The zero-order valence-corrected chi connectivity index (χ0v) is 22.7. The maximum atomic E-state index is 13.1. The van der Waals surface area contributed by atoms with Gasteiger partial charge in [0.1, 0.15) is 10.0 Å². The molecule has 2 aliphatic rings. The molecular weight excluding hydrogens is 514 g/mol. The molecule has 1 atom stereocenters. The van der Waals surface area contributed by atoms with Gasteiger partial charge in [-0.15, -0.1) is 11.3 Å². The van der Waals surface area contributed by atoms with Gasteiger partial charge in [-0.1, -0.05) is 61.9 Å². The summed E-state index contributed by atoms with van der Waals surface area (Å²) in [6.45, 7) is 3.24. The summed E-state index contributed by atoms with van der Waals surface area (Å²) in [7, 11) is 1.63. The lowest BCUT2D eigenvalue weighted by Gasteiger charge is -2.36. The molecule has 1 aliphatic heterocycles. The van der Waals surface area contributed by atoms with Gasteiger partial charge in [0.05, 0.1) is 18.0 Å². The van der Waals surface area contributed by atoms with Crippen LogP contribution in [0, 0.1) is 5.41 Å². The first-order valence-corrected chi connectivity index (χ1v) is 13.6. The second-order valence-electron chi connectivity index (χ2n) is 9.68. The number of methoxy groups -OCH3 is 1. The summed E-state index contributed by atoms with van der Waals surface area (Å²) >= 11 is 1.51. The van der Waals surface area contributed by atoms with Crippen LogP contribution in [0.15, 0.2) is 64.6 Å². The number of benzodiazepines with no additional fused rings is 1. The number of thiazole rings is 1. The number of nitrogens with one attached hydrogen (secondary N) is 3. The van der Waals surface area contributed by atoms with E-state index in [4.69, 9.17) is 25.6 Å². The molecule has 39 heavy (non-hydrogen) atoms. The summed E-state index contributed by atoms with van der Waals surface area (Å²) in [6.07, 6.45) is 2.05. The van der Waals surface area contributed by atoms with Gasteiger partial charge >= 0.3 is 0 Å². The summed E-state index contributed by atoms with van der Waals surface area (Å²) in [5.74, 6) is -0.714. The van der Waals surface area contributed by atoms with E-state index >= 15 is 0 Å². The van der Waals surface area contributed by atoms with Crippen molar-refractivity contribution >= 4 is 45.6 Å². The monoisotopic (exact) mass is 545 g/mol. The summed E-state index contributed by atoms with van der Waals surface area (Å²) in [4.78, 5) is 26.7. The Labute approximate surface area is 230 Å². The summed E-state index contributed by atoms with van der Waals surface area (Å²) < 4.78 is 10.8. The lowest BCUT2D eigenvalue weighted by atomic mass is 9.71. The minimum atomic E-state index is -1.21. The Morgan fingerprint density at radius 2 is 1.97 bits per heavy atom. The molecule has 1 unspecified atom stereocenters. The Morgan fingerprint density at radius 1 is 1.23 bits per heavy atom. The maximum Gasteiger partial charge on any atom is 0.291 e. The van der Waals surface area contributed by atoms with Crippen LogP contribution >= 0.6 is 11.3 Å². The first-order valence-electron chi connectivity index (χ1n) is 12.8. The van der Waals surface area contributed by atoms with E-state index < -0.39 is 12.1 Å². The van der Waals surface area contributed by atoms with Crippen molar-refractivity contribution in [3.05, 3.63) is 76.4 Å². The average molecular weight is 546 g/mol. The van der Waals surface area contributed by atoms with Gasteiger partial charge in [-0.2, -0.15) is 4.99 Å². The highest BCUT2D eigenvalue weighted by Crippen LogP contribution is 2.46. The van der Waals surface area contributed by atoms with Gasteiger partial charge in [0, 0.05) is 30.2 Å². The number of benzene rings is 2. The number of nitrogens with two attached hydrogens (primary N) is 1. The Kier molecular flexibility index (Phi) is 7.71. The van der Waals surface area contributed by atoms with E-state index in [0.29, 0.717) is 35.2 Å². The van der Waals surface area contributed by atoms with Crippen molar-refractivity contribution in [1.82, 2.24) is 4.98 Å². The smallest absolute Gasteiger partial charge is 0.291 e. The highest BCUT2D eigenvalue weighted by atomic mass is 32.1. The first-order chi connectivity index (χ1) is 18.9. The summed E-state index contributed by atoms with van der Waals surface area (Å²) in [6, 6.07) is 16.6. The lowest BCUT2D eigenvalue weighted by Crippen LogP contribution is -2.31. The lowest BCUT2D eigenvalue weighted by molar-refractivity contribution is -0.117. The Balaban J connectivity index is 1.41. The molecule has 2 aromatic carbocycles. The average Bonchev–Trinajstić information content (AvgIpc) is 3.29. The van der Waals surface area contributed by atoms with Gasteiger partial charge in [-0.05, 0) is 18.9 Å². The maximum absolute atomic E-state index is 13.1. The molecule has 2 heterocycles. The Hall–Kier alpha value is -4.09. The number of anilines is 2. The van der Waals surface area contributed by atoms with E-state index in [2.05, 4.69) is 27.5 Å². The van der Waals surface area contributed by atoms with Crippen molar-refractivity contribution in [3.8, 4) is 0 Å². The Morgan fingerprint density at radius 3 is 2.69 bits per heavy atom. The number of nitrogens with zero attached hydrogens (tertiary/aromatic N) is 3. The largest absolute Gasteiger partial charge is 0.405 e. The molecule has 1 aliphatic carbocycles. The normalized spacial score (nSPS) is 18.2. The number of amidine groups is 1. The zero-order chi connectivity index (χ0) is 27.4. The molecular formula is C28H31N7O3S. The molecule has 1 saturated carbocycles. The molecule has 1 fully saturated rings. The van der Waals surface area contributed by atoms with Crippen LogP contribution < -0.4 is 16.4 Å². The van der Waals surface area contributed by atoms with Gasteiger partial charge < -0.3 is 25.8 Å². The van der Waals surface area contributed by atoms with Crippen LogP contribution in [-0.2, 0) is 19.7 Å². The first kappa shape index (κ1) is 26.5. The van der Waals surface area contributed by atoms with Crippen LogP contribution in [-0.4, -0.2) is 54.9 Å². The number of aliphatic imine (C=N–C) groups is 2. The van der Waals surface area contributed by atoms with Gasteiger partial charge in [0.25, 0.3) is 11.9 Å². The molecule has 3 aromatic rings. The number of amides is 1. The minimum Gasteiger partial charge on any atom is -0.405 e. The van der Waals surface area contributed by atoms with E-state index in [0.717, 1.165) is 35.4 Å². The summed E-state index contributed by atoms with van der Waals surface area (Å²) in [5, 5.41) is 16.4. The third-order valence-corrected chi connectivity index (χ3v) is 8.16. The molecule has 0 radical (unpaired) electrons. The molecule has 11 heteroatoms. The molecule has 5 rings (SSSR count). The van der Waals surface area contributed by atoms with E-state index in [1.54, 1.807) is 7.11 Å². The quantitative estimate of drug-likeness (QED) is 0.190. The molecule has 5 N–H and O–H groups in total. The number of ether oxygens (including phenoxy) is 2. The van der Waals surface area contributed by atoms with Crippen molar-refractivity contribution in [2.75, 3.05) is 30.9 Å². The molecule has 1 aromatic heterocycles. The molecule has 1 amide bonds. The van der Waals surface area contributed by atoms with Crippen LogP contribution in [0.4, 0.5) is 10.7 Å². The van der Waals surface area contributed by atoms with Crippen LogP contribution in [0.2, 0.25) is 0 Å². The minimum absolute atomic E-state index is 0.00346. The fraction of sp³-hybridized carbons (Fsp3) is 0.321. The predicted molar refractivity (Wildman–Crippen MR) is 154 cm³/mol. The van der Waals surface area contributed by atoms with Gasteiger partial charge in [0.15, 0.2) is 5.69 Å². The molecule has 202 valence electrons. The van der Waals surface area contributed by atoms with Crippen LogP contribution in [0.5, 0.6) is 0 Å². The van der Waals surface area contributed by atoms with Gasteiger partial charge in [-0.25, -0.2) is 9.98 Å². The Bertz CT molecular complexity index is 1430. The molecule has 0 bridgehead atoms. The van der Waals surface area contributed by atoms with E-state index in [-0.39, 0.29) is 17.3 Å². The summed E-state index contributed by atoms with van der Waals surface area (Å²) in [5.41, 5.74) is 9.30. The number of para-hydroxylation sites is 1. The van der Waals surface area contributed by atoms with Crippen molar-refractivity contribution < 1.29 is 14.3 Å². The van der Waals surface area contributed by atoms with Crippen LogP contribution in [0.1, 0.15) is 48.0 Å². The number of aromatic nitrogens is 1. The number of carbonyl (C=O) groups excluding carboxylic acids is 1. The highest BCUT2D eigenvalue weighted by molar-refractivity contribution is 7.16. The van der Waals surface area contributed by atoms with E-state index in [9.17, 15) is 4.79 Å². The van der Waals surface area contributed by atoms with Gasteiger partial charge in [-0.3, -0.25) is 10.2 Å². The third-order valence-electron chi connectivity index (χ3n) is 6.84. The number of fused-ring (bicyclic) bond motifs is 1.